The van der Waals surface area contributed by atoms with Gasteiger partial charge < -0.3 is 14.5 Å². The van der Waals surface area contributed by atoms with Gasteiger partial charge in [-0.15, -0.1) is 0 Å². The SMILES string of the molecule is Cc1nn(CC(F)(F)F)cc1C(=O)N1CCO[C@@H]2CCN(C)C[C@H]21. The number of aryl methyl sites for hydroxylation is 1. The van der Waals surface area contributed by atoms with Crippen molar-refractivity contribution in [1.29, 1.82) is 0 Å². The molecule has 0 aliphatic carbocycles. The zero-order valence-corrected chi connectivity index (χ0v) is 13.7. The Labute approximate surface area is 138 Å². The maximum absolute atomic E-state index is 12.9. The topological polar surface area (TPSA) is 50.6 Å². The average Bonchev–Trinajstić information content (AvgIpc) is 2.84. The van der Waals surface area contributed by atoms with Crippen molar-refractivity contribution < 1.29 is 22.7 Å². The molecule has 1 aromatic heterocycles. The summed E-state index contributed by atoms with van der Waals surface area (Å²) in [4.78, 5) is 16.7. The molecule has 0 saturated carbocycles. The Balaban J connectivity index is 1.80. The van der Waals surface area contributed by atoms with E-state index in [-0.39, 0.29) is 23.6 Å². The largest absolute Gasteiger partial charge is 0.408 e. The number of likely N-dealkylation sites (tertiary alicyclic amines) is 1. The molecule has 2 atom stereocenters. The molecule has 1 amide bonds. The van der Waals surface area contributed by atoms with Crippen molar-refractivity contribution in [3.8, 4) is 0 Å². The molecule has 1 aromatic rings. The molecule has 0 spiro atoms. The van der Waals surface area contributed by atoms with Gasteiger partial charge in [0.1, 0.15) is 6.54 Å². The number of hydrogen-bond acceptors (Lipinski definition) is 4. The summed E-state index contributed by atoms with van der Waals surface area (Å²) in [6, 6.07) is -0.0737. The molecule has 3 heterocycles. The highest BCUT2D eigenvalue weighted by molar-refractivity contribution is 5.95. The lowest BCUT2D eigenvalue weighted by molar-refractivity contribution is -0.142. The van der Waals surface area contributed by atoms with E-state index in [1.54, 1.807) is 11.8 Å². The molecule has 24 heavy (non-hydrogen) atoms. The summed E-state index contributed by atoms with van der Waals surface area (Å²) in [5.74, 6) is -0.269. The first-order valence-corrected chi connectivity index (χ1v) is 7.96. The van der Waals surface area contributed by atoms with Crippen molar-refractivity contribution in [1.82, 2.24) is 19.6 Å². The van der Waals surface area contributed by atoms with Crippen molar-refractivity contribution in [2.45, 2.75) is 38.2 Å². The normalized spacial score (nSPS) is 25.6. The van der Waals surface area contributed by atoms with E-state index in [0.717, 1.165) is 17.6 Å². The lowest BCUT2D eigenvalue weighted by Crippen LogP contribution is -2.60. The first kappa shape index (κ1) is 17.2. The smallest absolute Gasteiger partial charge is 0.374 e. The number of carbonyl (C=O) groups is 1. The van der Waals surface area contributed by atoms with Crippen LogP contribution in [0.4, 0.5) is 13.2 Å². The van der Waals surface area contributed by atoms with Gasteiger partial charge in [0.15, 0.2) is 0 Å². The highest BCUT2D eigenvalue weighted by Crippen LogP contribution is 2.25. The molecular formula is C15H21F3N4O2. The fraction of sp³-hybridized carbons (Fsp3) is 0.733. The molecule has 0 unspecified atom stereocenters. The van der Waals surface area contributed by atoms with Gasteiger partial charge in [-0.1, -0.05) is 0 Å². The van der Waals surface area contributed by atoms with Crippen molar-refractivity contribution in [3.05, 3.63) is 17.5 Å². The van der Waals surface area contributed by atoms with Gasteiger partial charge in [0.05, 0.1) is 30.0 Å². The van der Waals surface area contributed by atoms with Gasteiger partial charge in [-0.05, 0) is 20.4 Å². The van der Waals surface area contributed by atoms with Crippen molar-refractivity contribution >= 4 is 5.91 Å². The molecule has 3 rings (SSSR count). The second kappa shape index (κ2) is 6.36. The second-order valence-corrected chi connectivity index (χ2v) is 6.47. The van der Waals surface area contributed by atoms with Crippen molar-refractivity contribution in [3.63, 3.8) is 0 Å². The summed E-state index contributed by atoms with van der Waals surface area (Å²) >= 11 is 0. The van der Waals surface area contributed by atoms with Crippen LogP contribution in [-0.4, -0.2) is 77.1 Å². The minimum absolute atomic E-state index is 0.00979. The average molecular weight is 346 g/mol. The number of ether oxygens (including phenoxy) is 1. The van der Waals surface area contributed by atoms with E-state index < -0.39 is 12.7 Å². The number of likely N-dealkylation sites (N-methyl/N-ethyl adjacent to an activating group) is 1. The summed E-state index contributed by atoms with van der Waals surface area (Å²) in [6.07, 6.45) is -2.33. The van der Waals surface area contributed by atoms with Gasteiger partial charge in [0, 0.05) is 25.8 Å². The quantitative estimate of drug-likeness (QED) is 0.810. The van der Waals surface area contributed by atoms with E-state index in [2.05, 4.69) is 10.00 Å². The predicted molar refractivity (Wildman–Crippen MR) is 79.7 cm³/mol. The van der Waals surface area contributed by atoms with Crippen molar-refractivity contribution in [2.24, 2.45) is 0 Å². The Kier molecular flexibility index (Phi) is 4.56. The van der Waals surface area contributed by atoms with Crippen LogP contribution >= 0.6 is 0 Å². The van der Waals surface area contributed by atoms with Crippen LogP contribution in [0.25, 0.3) is 0 Å². The number of fused-ring (bicyclic) bond motifs is 1. The molecule has 2 aliphatic rings. The fourth-order valence-corrected chi connectivity index (χ4v) is 3.43. The lowest BCUT2D eigenvalue weighted by atomic mass is 9.98. The Morgan fingerprint density at radius 3 is 2.88 bits per heavy atom. The zero-order valence-electron chi connectivity index (χ0n) is 13.7. The van der Waals surface area contributed by atoms with Crippen LogP contribution in [0, 0.1) is 6.92 Å². The summed E-state index contributed by atoms with van der Waals surface area (Å²) < 4.78 is 44.1. The van der Waals surface area contributed by atoms with E-state index in [0.29, 0.717) is 25.4 Å². The van der Waals surface area contributed by atoms with E-state index in [1.165, 1.54) is 6.20 Å². The van der Waals surface area contributed by atoms with Gasteiger partial charge in [-0.3, -0.25) is 9.48 Å². The number of amides is 1. The monoisotopic (exact) mass is 346 g/mol. The van der Waals surface area contributed by atoms with Crippen LogP contribution in [-0.2, 0) is 11.3 Å². The van der Waals surface area contributed by atoms with Gasteiger partial charge in [0.2, 0.25) is 0 Å². The molecular weight excluding hydrogens is 325 g/mol. The molecule has 6 nitrogen and oxygen atoms in total. The molecule has 134 valence electrons. The number of piperidine rings is 1. The molecule has 2 fully saturated rings. The van der Waals surface area contributed by atoms with Gasteiger partial charge >= 0.3 is 6.18 Å². The number of hydrogen-bond donors (Lipinski definition) is 0. The first-order valence-electron chi connectivity index (χ1n) is 7.96. The minimum atomic E-state index is -4.37. The lowest BCUT2D eigenvalue weighted by Gasteiger charge is -2.46. The maximum atomic E-state index is 12.9. The fourth-order valence-electron chi connectivity index (χ4n) is 3.43. The summed E-state index contributed by atoms with van der Waals surface area (Å²) in [6.45, 7) is 2.87. The summed E-state index contributed by atoms with van der Waals surface area (Å²) in [5.41, 5.74) is 0.546. The van der Waals surface area contributed by atoms with Crippen LogP contribution < -0.4 is 0 Å². The summed E-state index contributed by atoms with van der Waals surface area (Å²) in [5, 5.41) is 3.84. The summed E-state index contributed by atoms with van der Waals surface area (Å²) in [7, 11) is 1.99. The molecule has 2 aliphatic heterocycles. The van der Waals surface area contributed by atoms with E-state index in [9.17, 15) is 18.0 Å². The standard InChI is InChI=1S/C15H21F3N4O2/c1-10-11(7-21(19-10)9-15(16,17)18)14(23)22-5-6-24-13-3-4-20(2)8-12(13)22/h7,12-13H,3-6,8-9H2,1-2H3/t12-,13-/m1/s1. The maximum Gasteiger partial charge on any atom is 0.408 e. The van der Waals surface area contributed by atoms with E-state index >= 15 is 0 Å². The van der Waals surface area contributed by atoms with E-state index in [1.807, 2.05) is 7.05 Å². The molecule has 0 bridgehead atoms. The zero-order chi connectivity index (χ0) is 17.5. The second-order valence-electron chi connectivity index (χ2n) is 6.47. The third-order valence-electron chi connectivity index (χ3n) is 4.57. The Morgan fingerprint density at radius 2 is 2.17 bits per heavy atom. The molecule has 9 heteroatoms. The van der Waals surface area contributed by atoms with Crippen LogP contribution in [0.2, 0.25) is 0 Å². The molecule has 0 aromatic carbocycles. The Bertz CT molecular complexity index is 616. The number of halogens is 3. The van der Waals surface area contributed by atoms with E-state index in [4.69, 9.17) is 4.74 Å². The van der Waals surface area contributed by atoms with Gasteiger partial charge in [-0.2, -0.15) is 18.3 Å². The van der Waals surface area contributed by atoms with Crippen LogP contribution in [0.1, 0.15) is 22.5 Å². The predicted octanol–water partition coefficient (Wildman–Crippen LogP) is 1.30. The number of nitrogens with zero attached hydrogens (tertiary/aromatic N) is 4. The molecule has 2 saturated heterocycles. The number of alkyl halides is 3. The van der Waals surface area contributed by atoms with Crippen LogP contribution in [0.5, 0.6) is 0 Å². The highest BCUT2D eigenvalue weighted by Gasteiger charge is 2.39. The minimum Gasteiger partial charge on any atom is -0.374 e. The van der Waals surface area contributed by atoms with Crippen LogP contribution in [0.3, 0.4) is 0 Å². The van der Waals surface area contributed by atoms with Gasteiger partial charge in [-0.25, -0.2) is 0 Å². The highest BCUT2D eigenvalue weighted by atomic mass is 19.4. The number of aromatic nitrogens is 2. The third kappa shape index (κ3) is 3.56. The first-order chi connectivity index (χ1) is 11.2. The third-order valence-corrected chi connectivity index (χ3v) is 4.57. The van der Waals surface area contributed by atoms with Crippen LogP contribution in [0.15, 0.2) is 6.20 Å². The Hall–Kier alpha value is -1.61. The Morgan fingerprint density at radius 1 is 1.42 bits per heavy atom. The van der Waals surface area contributed by atoms with Crippen molar-refractivity contribution in [2.75, 3.05) is 33.3 Å². The number of carbonyl (C=O) groups excluding carboxylic acids is 1. The van der Waals surface area contributed by atoms with Gasteiger partial charge in [0.25, 0.3) is 5.91 Å². The molecule has 0 N–H and O–H groups in total. The number of rotatable bonds is 2. The number of morpholine rings is 1. The molecule has 0 radical (unpaired) electrons.